The largest absolute Gasteiger partial charge is 0.586 e. The lowest BCUT2D eigenvalue weighted by atomic mass is 9.90. The monoisotopic (exact) mass is 255 g/mol. The highest BCUT2D eigenvalue weighted by Crippen LogP contribution is 2.44. The number of rotatable bonds is 2. The molecule has 0 radical (unpaired) electrons. The van der Waals surface area contributed by atoms with Gasteiger partial charge in [-0.3, -0.25) is 0 Å². The zero-order valence-corrected chi connectivity index (χ0v) is 9.92. The summed E-state index contributed by atoms with van der Waals surface area (Å²) in [4.78, 5) is 0. The van der Waals surface area contributed by atoms with Crippen LogP contribution in [0.2, 0.25) is 0 Å². The molecule has 0 spiro atoms. The van der Waals surface area contributed by atoms with Crippen molar-refractivity contribution >= 4 is 0 Å². The minimum atomic E-state index is -3.52. The summed E-state index contributed by atoms with van der Waals surface area (Å²) in [5.74, 6) is 0.878. The average Bonchev–Trinajstić information content (AvgIpc) is 2.66. The van der Waals surface area contributed by atoms with E-state index >= 15 is 0 Å². The van der Waals surface area contributed by atoms with Crippen molar-refractivity contribution in [2.75, 3.05) is 13.1 Å². The number of para-hydroxylation sites is 1. The van der Waals surface area contributed by atoms with Crippen LogP contribution in [-0.4, -0.2) is 19.4 Å². The lowest BCUT2D eigenvalue weighted by molar-refractivity contribution is -0.287. The highest BCUT2D eigenvalue weighted by Gasteiger charge is 2.44. The first-order chi connectivity index (χ1) is 8.64. The van der Waals surface area contributed by atoms with Gasteiger partial charge in [-0.1, -0.05) is 12.1 Å². The van der Waals surface area contributed by atoms with Crippen LogP contribution in [0.15, 0.2) is 18.2 Å². The maximum atomic E-state index is 13.0. The SMILES string of the molecule is FC1(F)Oc2cccc(CC3CCNCC3)c2O1. The molecule has 0 aliphatic carbocycles. The number of ether oxygens (including phenoxy) is 2. The van der Waals surface area contributed by atoms with E-state index in [9.17, 15) is 8.78 Å². The summed E-state index contributed by atoms with van der Waals surface area (Å²) < 4.78 is 35.1. The van der Waals surface area contributed by atoms with Crippen molar-refractivity contribution in [1.29, 1.82) is 0 Å². The van der Waals surface area contributed by atoms with Gasteiger partial charge in [0.05, 0.1) is 0 Å². The van der Waals surface area contributed by atoms with Crippen molar-refractivity contribution in [3.8, 4) is 11.5 Å². The average molecular weight is 255 g/mol. The third-order valence-electron chi connectivity index (χ3n) is 3.48. The highest BCUT2D eigenvalue weighted by atomic mass is 19.3. The van der Waals surface area contributed by atoms with E-state index in [2.05, 4.69) is 14.8 Å². The molecule has 1 N–H and O–H groups in total. The lowest BCUT2D eigenvalue weighted by Crippen LogP contribution is -2.29. The zero-order chi connectivity index (χ0) is 12.6. The minimum absolute atomic E-state index is 0.145. The van der Waals surface area contributed by atoms with Crippen LogP contribution in [0.3, 0.4) is 0 Å². The lowest BCUT2D eigenvalue weighted by Gasteiger charge is -2.22. The van der Waals surface area contributed by atoms with E-state index in [-0.39, 0.29) is 11.5 Å². The first-order valence-corrected chi connectivity index (χ1v) is 6.22. The van der Waals surface area contributed by atoms with E-state index in [1.54, 1.807) is 6.07 Å². The Balaban J connectivity index is 1.79. The van der Waals surface area contributed by atoms with Gasteiger partial charge in [0.2, 0.25) is 0 Å². The number of hydrogen-bond donors (Lipinski definition) is 1. The van der Waals surface area contributed by atoms with Gasteiger partial charge in [0.1, 0.15) is 0 Å². The third kappa shape index (κ3) is 2.27. The first-order valence-electron chi connectivity index (χ1n) is 6.22. The van der Waals surface area contributed by atoms with E-state index in [0.717, 1.165) is 37.9 Å². The second-order valence-corrected chi connectivity index (χ2v) is 4.81. The molecule has 0 unspecified atom stereocenters. The maximum absolute atomic E-state index is 13.0. The fourth-order valence-corrected chi connectivity index (χ4v) is 2.58. The number of halogens is 2. The fraction of sp³-hybridized carbons (Fsp3) is 0.538. The summed E-state index contributed by atoms with van der Waals surface area (Å²) in [7, 11) is 0. The van der Waals surface area contributed by atoms with Gasteiger partial charge in [-0.05, 0) is 49.9 Å². The predicted molar refractivity (Wildman–Crippen MR) is 61.9 cm³/mol. The summed E-state index contributed by atoms with van der Waals surface area (Å²) in [5, 5.41) is 3.29. The standard InChI is InChI=1S/C13H15F2NO2/c14-13(15)17-11-3-1-2-10(12(11)18-13)8-9-4-6-16-7-5-9/h1-3,9,16H,4-8H2. The molecule has 1 saturated heterocycles. The number of piperidine rings is 1. The molecule has 3 rings (SSSR count). The molecule has 0 saturated carbocycles. The molecule has 2 aliphatic rings. The second-order valence-electron chi connectivity index (χ2n) is 4.81. The van der Waals surface area contributed by atoms with Crippen LogP contribution in [0, 0.1) is 5.92 Å². The number of nitrogens with one attached hydrogen (secondary N) is 1. The van der Waals surface area contributed by atoms with E-state index in [0.29, 0.717) is 5.92 Å². The number of fused-ring (bicyclic) bond motifs is 1. The summed E-state index contributed by atoms with van der Waals surface area (Å²) in [6, 6.07) is 5.09. The quantitative estimate of drug-likeness (QED) is 0.881. The first kappa shape index (κ1) is 11.7. The second kappa shape index (κ2) is 4.39. The highest BCUT2D eigenvalue weighted by molar-refractivity contribution is 5.48. The van der Waals surface area contributed by atoms with Crippen LogP contribution in [0.25, 0.3) is 0 Å². The summed E-state index contributed by atoms with van der Waals surface area (Å²) in [5.41, 5.74) is 0.816. The van der Waals surface area contributed by atoms with E-state index in [1.807, 2.05) is 6.07 Å². The molecular formula is C13H15F2NO2. The van der Waals surface area contributed by atoms with Gasteiger partial charge in [0.15, 0.2) is 11.5 Å². The van der Waals surface area contributed by atoms with Crippen LogP contribution in [0.4, 0.5) is 8.78 Å². The molecule has 0 aromatic heterocycles. The maximum Gasteiger partial charge on any atom is 0.586 e. The molecule has 5 heteroatoms. The molecular weight excluding hydrogens is 240 g/mol. The van der Waals surface area contributed by atoms with Crippen molar-refractivity contribution in [3.05, 3.63) is 23.8 Å². The molecule has 0 bridgehead atoms. The van der Waals surface area contributed by atoms with Gasteiger partial charge >= 0.3 is 6.29 Å². The van der Waals surface area contributed by atoms with Gasteiger partial charge < -0.3 is 14.8 Å². The Morgan fingerprint density at radius 3 is 2.78 bits per heavy atom. The topological polar surface area (TPSA) is 30.5 Å². The van der Waals surface area contributed by atoms with Crippen LogP contribution >= 0.6 is 0 Å². The summed E-state index contributed by atoms with van der Waals surface area (Å²) in [6.07, 6.45) is -0.612. The Morgan fingerprint density at radius 1 is 1.22 bits per heavy atom. The molecule has 2 heterocycles. The molecule has 18 heavy (non-hydrogen) atoms. The molecule has 0 atom stereocenters. The van der Waals surface area contributed by atoms with Crippen LogP contribution in [-0.2, 0) is 6.42 Å². The Kier molecular flexibility index (Phi) is 2.86. The van der Waals surface area contributed by atoms with Gasteiger partial charge in [0.25, 0.3) is 0 Å². The zero-order valence-electron chi connectivity index (χ0n) is 9.92. The summed E-state index contributed by atoms with van der Waals surface area (Å²) >= 11 is 0. The third-order valence-corrected chi connectivity index (χ3v) is 3.48. The van der Waals surface area contributed by atoms with Crippen LogP contribution in [0.5, 0.6) is 11.5 Å². The Bertz CT molecular complexity index is 445. The molecule has 1 aromatic carbocycles. The van der Waals surface area contributed by atoms with Gasteiger partial charge in [-0.15, -0.1) is 8.78 Å². The number of alkyl halides is 2. The molecule has 1 fully saturated rings. The molecule has 1 aromatic rings. The van der Waals surface area contributed by atoms with Gasteiger partial charge in [-0.25, -0.2) is 0 Å². The van der Waals surface area contributed by atoms with Crippen molar-refractivity contribution in [2.24, 2.45) is 5.92 Å². The molecule has 0 amide bonds. The Hall–Kier alpha value is -1.36. The van der Waals surface area contributed by atoms with Gasteiger partial charge in [-0.2, -0.15) is 0 Å². The Morgan fingerprint density at radius 2 is 2.00 bits per heavy atom. The van der Waals surface area contributed by atoms with Crippen LogP contribution in [0.1, 0.15) is 18.4 Å². The van der Waals surface area contributed by atoms with Crippen molar-refractivity contribution in [3.63, 3.8) is 0 Å². The molecule has 3 nitrogen and oxygen atoms in total. The van der Waals surface area contributed by atoms with E-state index < -0.39 is 6.29 Å². The van der Waals surface area contributed by atoms with Crippen molar-refractivity contribution in [1.82, 2.24) is 5.32 Å². The molecule has 2 aliphatic heterocycles. The van der Waals surface area contributed by atoms with Gasteiger partial charge in [0, 0.05) is 0 Å². The van der Waals surface area contributed by atoms with Crippen molar-refractivity contribution < 1.29 is 18.3 Å². The molecule has 98 valence electrons. The number of benzene rings is 1. The van der Waals surface area contributed by atoms with Crippen molar-refractivity contribution in [2.45, 2.75) is 25.6 Å². The van der Waals surface area contributed by atoms with E-state index in [4.69, 9.17) is 0 Å². The fourth-order valence-electron chi connectivity index (χ4n) is 2.58. The predicted octanol–water partition coefficient (Wildman–Crippen LogP) is 2.55. The smallest absolute Gasteiger partial charge is 0.395 e. The van der Waals surface area contributed by atoms with E-state index in [1.165, 1.54) is 6.07 Å². The minimum Gasteiger partial charge on any atom is -0.395 e. The number of hydrogen-bond acceptors (Lipinski definition) is 3. The Labute approximate surface area is 104 Å². The normalized spacial score (nSPS) is 22.1. The summed E-state index contributed by atoms with van der Waals surface area (Å²) in [6.45, 7) is 1.99. The van der Waals surface area contributed by atoms with Crippen LogP contribution < -0.4 is 14.8 Å².